The van der Waals surface area contributed by atoms with Gasteiger partial charge in [0.05, 0.1) is 4.92 Å². The second-order valence-electron chi connectivity index (χ2n) is 4.47. The van der Waals surface area contributed by atoms with Crippen LogP contribution in [0.2, 0.25) is 0 Å². The molecule has 0 aliphatic heterocycles. The lowest BCUT2D eigenvalue weighted by Crippen LogP contribution is -2.21. The molecular weight excluding hydrogens is 250 g/mol. The number of hydrogen-bond donors (Lipinski definition) is 2. The average molecular weight is 269 g/mol. The summed E-state index contributed by atoms with van der Waals surface area (Å²) in [6.45, 7) is 4.02. The maximum absolute atomic E-state index is 11.1. The van der Waals surface area contributed by atoms with Crippen molar-refractivity contribution < 1.29 is 9.72 Å². The zero-order valence-electron chi connectivity index (χ0n) is 11.6. The summed E-state index contributed by atoms with van der Waals surface area (Å²) in [6.07, 6.45) is 0.246. The smallest absolute Gasteiger partial charge is 0.334 e. The highest BCUT2D eigenvalue weighted by Crippen LogP contribution is 2.32. The van der Waals surface area contributed by atoms with Crippen LogP contribution >= 0.6 is 0 Å². The normalized spacial score (nSPS) is 10.6. The van der Waals surface area contributed by atoms with E-state index in [2.05, 4.69) is 15.7 Å². The topological polar surface area (TPSA) is 102 Å². The summed E-state index contributed by atoms with van der Waals surface area (Å²) in [4.78, 5) is 21.8. The highest BCUT2D eigenvalue weighted by molar-refractivity contribution is 5.76. The number of amides is 1. The molecule has 0 aliphatic carbocycles. The highest BCUT2D eigenvalue weighted by atomic mass is 16.6. The molecule has 2 N–H and O–H groups in total. The minimum Gasteiger partial charge on any atom is -0.364 e. The molecule has 0 fully saturated rings. The first-order chi connectivity index (χ1) is 8.88. The fourth-order valence-corrected chi connectivity index (χ4v) is 1.72. The van der Waals surface area contributed by atoms with E-state index < -0.39 is 4.92 Å². The number of nitrogens with one attached hydrogen (secondary N) is 2. The van der Waals surface area contributed by atoms with Gasteiger partial charge in [0.15, 0.2) is 0 Å². The third kappa shape index (κ3) is 3.43. The number of nitro groups is 1. The maximum Gasteiger partial charge on any atom is 0.334 e. The second-order valence-corrected chi connectivity index (χ2v) is 4.47. The largest absolute Gasteiger partial charge is 0.364 e. The van der Waals surface area contributed by atoms with Gasteiger partial charge in [0.25, 0.3) is 0 Å². The minimum absolute atomic E-state index is 0.0191. The van der Waals surface area contributed by atoms with Crippen LogP contribution < -0.4 is 10.6 Å². The predicted molar refractivity (Wildman–Crippen MR) is 71.1 cm³/mol. The fraction of sp³-hybridized carbons (Fsp3) is 0.636. The van der Waals surface area contributed by atoms with Crippen LogP contribution in [-0.4, -0.2) is 34.2 Å². The molecule has 0 saturated heterocycles. The Hall–Kier alpha value is -2.12. The van der Waals surface area contributed by atoms with Crippen LogP contribution in [0.15, 0.2) is 0 Å². The molecule has 106 valence electrons. The van der Waals surface area contributed by atoms with Crippen molar-refractivity contribution in [2.75, 3.05) is 18.9 Å². The van der Waals surface area contributed by atoms with Crippen molar-refractivity contribution in [3.05, 3.63) is 15.8 Å². The van der Waals surface area contributed by atoms with Gasteiger partial charge in [-0.25, -0.2) is 4.68 Å². The summed E-state index contributed by atoms with van der Waals surface area (Å²) in [6, 6.07) is 0. The number of aromatic nitrogens is 2. The van der Waals surface area contributed by atoms with Crippen LogP contribution in [0.3, 0.4) is 0 Å². The summed E-state index contributed by atoms with van der Waals surface area (Å²) in [7, 11) is 3.19. The molecule has 8 heteroatoms. The van der Waals surface area contributed by atoms with E-state index in [0.717, 1.165) is 0 Å². The monoisotopic (exact) mass is 269 g/mol. The van der Waals surface area contributed by atoms with Crippen LogP contribution in [0.25, 0.3) is 0 Å². The molecule has 1 aromatic heterocycles. The Kier molecular flexibility index (Phi) is 4.85. The van der Waals surface area contributed by atoms with Gasteiger partial charge in [-0.05, 0) is 0 Å². The van der Waals surface area contributed by atoms with Gasteiger partial charge in [-0.15, -0.1) is 0 Å². The van der Waals surface area contributed by atoms with Crippen molar-refractivity contribution in [3.63, 3.8) is 0 Å². The van der Waals surface area contributed by atoms with Gasteiger partial charge in [0.2, 0.25) is 11.7 Å². The molecular formula is C11H19N5O3. The van der Waals surface area contributed by atoms with Crippen LogP contribution in [0, 0.1) is 10.1 Å². The van der Waals surface area contributed by atoms with Crippen molar-refractivity contribution in [2.45, 2.75) is 26.2 Å². The Morgan fingerprint density at radius 3 is 2.63 bits per heavy atom. The molecule has 0 bridgehead atoms. The predicted octanol–water partition coefficient (Wildman–Crippen LogP) is 1.000. The van der Waals surface area contributed by atoms with E-state index in [-0.39, 0.29) is 23.9 Å². The van der Waals surface area contributed by atoms with Crippen molar-refractivity contribution in [2.24, 2.45) is 7.05 Å². The summed E-state index contributed by atoms with van der Waals surface area (Å²) in [5.74, 6) is 0.167. The molecule has 1 aromatic rings. The Morgan fingerprint density at radius 2 is 2.16 bits per heavy atom. The zero-order chi connectivity index (χ0) is 14.6. The van der Waals surface area contributed by atoms with Gasteiger partial charge in [0, 0.05) is 33.0 Å². The van der Waals surface area contributed by atoms with E-state index in [1.165, 1.54) is 4.68 Å². The number of aryl methyl sites for hydroxylation is 1. The number of carbonyl (C=O) groups excluding carboxylic acids is 1. The first-order valence-corrected chi connectivity index (χ1v) is 6.04. The lowest BCUT2D eigenvalue weighted by molar-refractivity contribution is -0.384. The zero-order valence-corrected chi connectivity index (χ0v) is 11.6. The summed E-state index contributed by atoms with van der Waals surface area (Å²) in [5.41, 5.74) is 0.421. The van der Waals surface area contributed by atoms with Crippen LogP contribution in [-0.2, 0) is 11.8 Å². The van der Waals surface area contributed by atoms with Crippen molar-refractivity contribution in [3.8, 4) is 0 Å². The quantitative estimate of drug-likeness (QED) is 0.592. The van der Waals surface area contributed by atoms with Crippen molar-refractivity contribution in [1.29, 1.82) is 0 Å². The Morgan fingerprint density at radius 1 is 1.53 bits per heavy atom. The summed E-state index contributed by atoms with van der Waals surface area (Å²) < 4.78 is 1.44. The van der Waals surface area contributed by atoms with E-state index in [4.69, 9.17) is 0 Å². The van der Waals surface area contributed by atoms with E-state index >= 15 is 0 Å². The molecule has 1 amide bonds. The highest BCUT2D eigenvalue weighted by Gasteiger charge is 2.28. The molecule has 8 nitrogen and oxygen atoms in total. The van der Waals surface area contributed by atoms with Crippen molar-refractivity contribution in [1.82, 2.24) is 15.1 Å². The third-order valence-corrected chi connectivity index (χ3v) is 2.70. The number of anilines is 1. The number of nitrogens with zero attached hydrogens (tertiary/aromatic N) is 3. The molecule has 0 saturated carbocycles. The molecule has 1 rings (SSSR count). The summed E-state index contributed by atoms with van der Waals surface area (Å²) >= 11 is 0. The first-order valence-electron chi connectivity index (χ1n) is 6.04. The molecule has 0 spiro atoms. The third-order valence-electron chi connectivity index (χ3n) is 2.70. The molecule has 0 aliphatic rings. The SMILES string of the molecule is CNC(=O)CCNc1c([N+](=O)[O-])c(C(C)C)nn1C. The summed E-state index contributed by atoms with van der Waals surface area (Å²) in [5, 5.41) is 20.7. The van der Waals surface area contributed by atoms with Gasteiger partial charge in [0.1, 0.15) is 5.69 Å². The maximum atomic E-state index is 11.1. The number of hydrogen-bond acceptors (Lipinski definition) is 5. The van der Waals surface area contributed by atoms with Gasteiger partial charge in [-0.1, -0.05) is 13.8 Å². The minimum atomic E-state index is -0.440. The molecule has 0 atom stereocenters. The van der Waals surface area contributed by atoms with Crippen molar-refractivity contribution >= 4 is 17.4 Å². The lowest BCUT2D eigenvalue weighted by Gasteiger charge is -2.05. The molecule has 0 radical (unpaired) electrons. The number of carbonyl (C=O) groups is 1. The van der Waals surface area contributed by atoms with Gasteiger partial charge in [-0.3, -0.25) is 14.9 Å². The number of rotatable bonds is 6. The van der Waals surface area contributed by atoms with E-state index in [9.17, 15) is 14.9 Å². The van der Waals surface area contributed by atoms with Gasteiger partial charge >= 0.3 is 5.69 Å². The van der Waals surface area contributed by atoms with E-state index in [1.807, 2.05) is 13.8 Å². The van der Waals surface area contributed by atoms with E-state index in [1.54, 1.807) is 14.1 Å². The average Bonchev–Trinajstić information content (AvgIpc) is 2.67. The fourth-order valence-electron chi connectivity index (χ4n) is 1.72. The van der Waals surface area contributed by atoms with E-state index in [0.29, 0.717) is 18.1 Å². The molecule has 0 unspecified atom stereocenters. The second kappa shape index (κ2) is 6.17. The van der Waals surface area contributed by atoms with Crippen LogP contribution in [0.4, 0.5) is 11.5 Å². The molecule has 0 aromatic carbocycles. The standard InChI is InChI=1S/C11H19N5O3/c1-7(2)9-10(16(18)19)11(15(4)14-9)13-6-5-8(17)12-3/h7,13H,5-6H2,1-4H3,(H,12,17). The molecule has 19 heavy (non-hydrogen) atoms. The van der Waals surface area contributed by atoms with Crippen LogP contribution in [0.1, 0.15) is 31.9 Å². The van der Waals surface area contributed by atoms with Gasteiger partial charge < -0.3 is 10.6 Å². The Labute approximate surface area is 111 Å². The molecule has 1 heterocycles. The Bertz CT molecular complexity index is 481. The van der Waals surface area contributed by atoms with Crippen LogP contribution in [0.5, 0.6) is 0 Å². The lowest BCUT2D eigenvalue weighted by atomic mass is 10.1. The first kappa shape index (κ1) is 14.9. The van der Waals surface area contributed by atoms with Gasteiger partial charge in [-0.2, -0.15) is 5.10 Å². The Balaban J connectivity index is 2.93.